The molecule has 0 aliphatic carbocycles. The SMILES string of the molecule is Cc1ncc(C(=O)N2CCO[C@](C)(C(=O)N3CCOCC3)C2)c(C)n1. The number of morpholine rings is 2. The lowest BCUT2D eigenvalue weighted by molar-refractivity contribution is -0.168. The van der Waals surface area contributed by atoms with Gasteiger partial charge in [0.05, 0.1) is 37.6 Å². The Labute approximate surface area is 147 Å². The fourth-order valence-corrected chi connectivity index (χ4v) is 3.24. The maximum absolute atomic E-state index is 12.9. The van der Waals surface area contributed by atoms with E-state index in [4.69, 9.17) is 9.47 Å². The molecule has 8 nitrogen and oxygen atoms in total. The van der Waals surface area contributed by atoms with E-state index < -0.39 is 5.60 Å². The van der Waals surface area contributed by atoms with Gasteiger partial charge in [0, 0.05) is 25.8 Å². The number of hydrogen-bond donors (Lipinski definition) is 0. The van der Waals surface area contributed by atoms with Gasteiger partial charge in [0.15, 0.2) is 5.60 Å². The van der Waals surface area contributed by atoms with Crippen LogP contribution in [0.25, 0.3) is 0 Å². The molecular formula is C17H24N4O4. The van der Waals surface area contributed by atoms with Crippen LogP contribution in [0.1, 0.15) is 28.8 Å². The fraction of sp³-hybridized carbons (Fsp3) is 0.647. The van der Waals surface area contributed by atoms with Gasteiger partial charge in [-0.3, -0.25) is 9.59 Å². The van der Waals surface area contributed by atoms with Gasteiger partial charge < -0.3 is 19.3 Å². The molecule has 2 amide bonds. The van der Waals surface area contributed by atoms with E-state index in [0.29, 0.717) is 56.5 Å². The van der Waals surface area contributed by atoms with E-state index in [1.807, 2.05) is 0 Å². The Balaban J connectivity index is 1.75. The summed E-state index contributed by atoms with van der Waals surface area (Å²) in [6.07, 6.45) is 1.55. The highest BCUT2D eigenvalue weighted by atomic mass is 16.5. The average molecular weight is 348 g/mol. The summed E-state index contributed by atoms with van der Waals surface area (Å²) in [4.78, 5) is 37.5. The minimum Gasteiger partial charge on any atom is -0.378 e. The Bertz CT molecular complexity index is 675. The first kappa shape index (κ1) is 17.8. The second-order valence-corrected chi connectivity index (χ2v) is 6.63. The zero-order chi connectivity index (χ0) is 18.0. The van der Waals surface area contributed by atoms with Crippen molar-refractivity contribution in [2.24, 2.45) is 0 Å². The summed E-state index contributed by atoms with van der Waals surface area (Å²) >= 11 is 0. The summed E-state index contributed by atoms with van der Waals surface area (Å²) in [6, 6.07) is 0. The van der Waals surface area contributed by atoms with Gasteiger partial charge in [-0.2, -0.15) is 0 Å². The lowest BCUT2D eigenvalue weighted by atomic mass is 10.0. The number of aromatic nitrogens is 2. The predicted octanol–water partition coefficient (Wildman–Crippen LogP) is 0.183. The van der Waals surface area contributed by atoms with Crippen LogP contribution in [0.5, 0.6) is 0 Å². The van der Waals surface area contributed by atoms with Gasteiger partial charge in [-0.05, 0) is 20.8 Å². The fourth-order valence-electron chi connectivity index (χ4n) is 3.24. The minimum atomic E-state index is -1.04. The van der Waals surface area contributed by atoms with Crippen molar-refractivity contribution in [3.05, 3.63) is 23.3 Å². The van der Waals surface area contributed by atoms with Crippen molar-refractivity contribution >= 4 is 11.8 Å². The van der Waals surface area contributed by atoms with Crippen molar-refractivity contribution in [1.29, 1.82) is 0 Å². The molecule has 25 heavy (non-hydrogen) atoms. The minimum absolute atomic E-state index is 0.0924. The third-order valence-corrected chi connectivity index (χ3v) is 4.64. The molecule has 2 aliphatic rings. The van der Waals surface area contributed by atoms with Gasteiger partial charge >= 0.3 is 0 Å². The standard InChI is InChI=1S/C17H24N4O4/c1-12-14(10-18-13(2)19-12)15(22)21-6-9-25-17(3,11-21)16(23)20-4-7-24-8-5-20/h10H,4-9,11H2,1-3H3/t17-/m0/s1. The van der Waals surface area contributed by atoms with Crippen LogP contribution >= 0.6 is 0 Å². The van der Waals surface area contributed by atoms with Crippen molar-refractivity contribution in [3.8, 4) is 0 Å². The van der Waals surface area contributed by atoms with Gasteiger partial charge in [-0.15, -0.1) is 0 Å². The zero-order valence-electron chi connectivity index (χ0n) is 14.9. The number of ether oxygens (including phenoxy) is 2. The molecule has 0 N–H and O–H groups in total. The van der Waals surface area contributed by atoms with Crippen LogP contribution in [-0.2, 0) is 14.3 Å². The molecule has 0 aromatic carbocycles. The van der Waals surface area contributed by atoms with Crippen LogP contribution < -0.4 is 0 Å². The first-order chi connectivity index (χ1) is 11.9. The van der Waals surface area contributed by atoms with Crippen LogP contribution in [0.2, 0.25) is 0 Å². The molecule has 1 aromatic rings. The van der Waals surface area contributed by atoms with Crippen molar-refractivity contribution < 1.29 is 19.1 Å². The van der Waals surface area contributed by atoms with E-state index in [-0.39, 0.29) is 18.4 Å². The molecule has 3 heterocycles. The van der Waals surface area contributed by atoms with Gasteiger partial charge in [0.1, 0.15) is 5.82 Å². The molecule has 2 aliphatic heterocycles. The summed E-state index contributed by atoms with van der Waals surface area (Å²) in [5, 5.41) is 0. The van der Waals surface area contributed by atoms with Crippen LogP contribution in [0, 0.1) is 13.8 Å². The monoisotopic (exact) mass is 348 g/mol. The second-order valence-electron chi connectivity index (χ2n) is 6.63. The third kappa shape index (κ3) is 3.64. The third-order valence-electron chi connectivity index (χ3n) is 4.64. The quantitative estimate of drug-likeness (QED) is 0.758. The molecule has 2 fully saturated rings. The molecule has 1 atom stereocenters. The first-order valence-corrected chi connectivity index (χ1v) is 8.51. The molecule has 3 rings (SSSR count). The number of hydrogen-bond acceptors (Lipinski definition) is 6. The molecule has 1 aromatic heterocycles. The largest absolute Gasteiger partial charge is 0.378 e. The molecule has 2 saturated heterocycles. The van der Waals surface area contributed by atoms with Crippen molar-refractivity contribution in [1.82, 2.24) is 19.8 Å². The predicted molar refractivity (Wildman–Crippen MR) is 89.2 cm³/mol. The van der Waals surface area contributed by atoms with Crippen LogP contribution in [0.3, 0.4) is 0 Å². The lowest BCUT2D eigenvalue weighted by Crippen LogP contribution is -2.61. The van der Waals surface area contributed by atoms with Gasteiger partial charge in [0.25, 0.3) is 11.8 Å². The van der Waals surface area contributed by atoms with Crippen molar-refractivity contribution in [3.63, 3.8) is 0 Å². The Morgan fingerprint density at radius 1 is 1.12 bits per heavy atom. The molecular weight excluding hydrogens is 324 g/mol. The highest BCUT2D eigenvalue weighted by Gasteiger charge is 2.43. The van der Waals surface area contributed by atoms with Crippen molar-refractivity contribution in [2.45, 2.75) is 26.4 Å². The van der Waals surface area contributed by atoms with Gasteiger partial charge in [-0.25, -0.2) is 9.97 Å². The van der Waals surface area contributed by atoms with Crippen LogP contribution in [0.4, 0.5) is 0 Å². The van der Waals surface area contributed by atoms with Crippen molar-refractivity contribution in [2.75, 3.05) is 46.0 Å². The number of aryl methyl sites for hydroxylation is 2. The van der Waals surface area contributed by atoms with E-state index >= 15 is 0 Å². The number of nitrogens with zero attached hydrogens (tertiary/aromatic N) is 4. The molecule has 0 radical (unpaired) electrons. The van der Waals surface area contributed by atoms with E-state index in [1.165, 1.54) is 0 Å². The molecule has 0 saturated carbocycles. The summed E-state index contributed by atoms with van der Waals surface area (Å²) in [5.41, 5.74) is 0.0731. The Morgan fingerprint density at radius 2 is 1.80 bits per heavy atom. The van der Waals surface area contributed by atoms with Gasteiger partial charge in [-0.1, -0.05) is 0 Å². The number of rotatable bonds is 2. The normalized spacial score (nSPS) is 24.3. The molecule has 0 unspecified atom stereocenters. The summed E-state index contributed by atoms with van der Waals surface area (Å²) < 4.78 is 11.1. The maximum atomic E-state index is 12.9. The second kappa shape index (κ2) is 7.05. The highest BCUT2D eigenvalue weighted by molar-refractivity contribution is 5.96. The topological polar surface area (TPSA) is 84.9 Å². The maximum Gasteiger partial charge on any atom is 0.257 e. The lowest BCUT2D eigenvalue weighted by Gasteiger charge is -2.42. The van der Waals surface area contributed by atoms with E-state index in [9.17, 15) is 9.59 Å². The van der Waals surface area contributed by atoms with Crippen LogP contribution in [-0.4, -0.2) is 83.2 Å². The summed E-state index contributed by atoms with van der Waals surface area (Å²) in [6.45, 7) is 8.48. The van der Waals surface area contributed by atoms with E-state index in [2.05, 4.69) is 9.97 Å². The van der Waals surface area contributed by atoms with E-state index in [0.717, 1.165) is 0 Å². The highest BCUT2D eigenvalue weighted by Crippen LogP contribution is 2.23. The molecule has 136 valence electrons. The van der Waals surface area contributed by atoms with Crippen LogP contribution in [0.15, 0.2) is 6.20 Å². The Morgan fingerprint density at radius 3 is 2.48 bits per heavy atom. The zero-order valence-corrected chi connectivity index (χ0v) is 14.9. The van der Waals surface area contributed by atoms with Gasteiger partial charge in [0.2, 0.25) is 0 Å². The Kier molecular flexibility index (Phi) is 5.01. The Hall–Kier alpha value is -2.06. The van der Waals surface area contributed by atoms with E-state index in [1.54, 1.807) is 36.8 Å². The number of carbonyl (C=O) groups excluding carboxylic acids is 2. The first-order valence-electron chi connectivity index (χ1n) is 8.51. The average Bonchev–Trinajstić information content (AvgIpc) is 2.61. The number of amides is 2. The number of carbonyl (C=O) groups is 2. The molecule has 0 bridgehead atoms. The summed E-state index contributed by atoms with van der Waals surface area (Å²) in [5.74, 6) is 0.371. The summed E-state index contributed by atoms with van der Waals surface area (Å²) in [7, 11) is 0. The smallest absolute Gasteiger partial charge is 0.257 e. The molecule has 8 heteroatoms. The molecule has 0 spiro atoms.